The highest BCUT2D eigenvalue weighted by Crippen LogP contribution is 2.15. The van der Waals surface area contributed by atoms with Crippen LogP contribution in [-0.2, 0) is 18.0 Å². The molecule has 9 heavy (non-hydrogen) atoms. The minimum absolute atomic E-state index is 0.691. The van der Waals surface area contributed by atoms with Crippen LogP contribution in [0, 0.1) is 0 Å². The zero-order chi connectivity index (χ0) is 6.10. The van der Waals surface area contributed by atoms with E-state index in [0.29, 0.717) is 6.61 Å². The summed E-state index contributed by atoms with van der Waals surface area (Å²) in [5.74, 6) is 0. The average molecular weight is 121 g/mol. The lowest BCUT2D eigenvalue weighted by Gasteiger charge is -1.89. The van der Waals surface area contributed by atoms with Crippen LogP contribution < -0.4 is 0 Å². The van der Waals surface area contributed by atoms with Crippen molar-refractivity contribution in [3.8, 4) is 0 Å². The third kappa shape index (κ3) is 0.715. The van der Waals surface area contributed by atoms with E-state index in [2.05, 4.69) is 11.1 Å². The zero-order valence-corrected chi connectivity index (χ0v) is 5.00. The molecule has 1 aliphatic heterocycles. The number of rotatable bonds is 0. The lowest BCUT2D eigenvalue weighted by atomic mass is 10.2. The molecule has 2 rings (SSSR count). The fourth-order valence-corrected chi connectivity index (χ4v) is 0.990. The van der Waals surface area contributed by atoms with Crippen molar-refractivity contribution >= 4 is 0 Å². The van der Waals surface area contributed by atoms with Crippen molar-refractivity contribution in [1.82, 2.24) is 4.98 Å². The molecule has 0 radical (unpaired) electrons. The summed E-state index contributed by atoms with van der Waals surface area (Å²) in [7, 11) is 0. The minimum Gasteiger partial charge on any atom is -0.370 e. The molecule has 0 aliphatic carbocycles. The van der Waals surface area contributed by atoms with Crippen molar-refractivity contribution in [2.75, 3.05) is 0 Å². The van der Waals surface area contributed by atoms with E-state index in [0.717, 1.165) is 12.3 Å². The van der Waals surface area contributed by atoms with Crippen LogP contribution in [0.25, 0.3) is 0 Å². The van der Waals surface area contributed by atoms with Gasteiger partial charge in [0, 0.05) is 11.8 Å². The summed E-state index contributed by atoms with van der Waals surface area (Å²) in [5.41, 5.74) is 2.33. The zero-order valence-electron chi connectivity index (χ0n) is 5.00. The SMILES string of the molecule is c1cnc2c(c1)COC2. The molecule has 1 aliphatic rings. The molecule has 0 atom stereocenters. The first-order valence-electron chi connectivity index (χ1n) is 2.97. The van der Waals surface area contributed by atoms with Gasteiger partial charge in [-0.3, -0.25) is 4.98 Å². The second-order valence-corrected chi connectivity index (χ2v) is 2.10. The molecular weight excluding hydrogens is 114 g/mol. The average Bonchev–Trinajstić information content (AvgIpc) is 2.33. The second-order valence-electron chi connectivity index (χ2n) is 2.10. The first kappa shape index (κ1) is 4.94. The smallest absolute Gasteiger partial charge is 0.0896 e. The Bertz CT molecular complexity index is 199. The summed E-state index contributed by atoms with van der Waals surface area (Å²) in [4.78, 5) is 4.13. The maximum atomic E-state index is 5.15. The van der Waals surface area contributed by atoms with E-state index in [1.54, 1.807) is 6.20 Å². The van der Waals surface area contributed by atoms with Crippen molar-refractivity contribution in [3.05, 3.63) is 29.6 Å². The molecule has 0 spiro atoms. The fraction of sp³-hybridized carbons (Fsp3) is 0.286. The predicted octanol–water partition coefficient (Wildman–Crippen LogP) is 1.11. The number of ether oxygens (including phenoxy) is 1. The van der Waals surface area contributed by atoms with E-state index in [1.165, 1.54) is 5.56 Å². The quantitative estimate of drug-likeness (QED) is 0.513. The normalized spacial score (nSPS) is 15.6. The van der Waals surface area contributed by atoms with E-state index in [-0.39, 0.29) is 0 Å². The summed E-state index contributed by atoms with van der Waals surface area (Å²) in [6.07, 6.45) is 1.80. The number of fused-ring (bicyclic) bond motifs is 1. The van der Waals surface area contributed by atoms with Crippen LogP contribution in [0.5, 0.6) is 0 Å². The highest BCUT2D eigenvalue weighted by molar-refractivity contribution is 5.20. The van der Waals surface area contributed by atoms with Gasteiger partial charge in [-0.25, -0.2) is 0 Å². The van der Waals surface area contributed by atoms with Crippen LogP contribution in [0.4, 0.5) is 0 Å². The Hall–Kier alpha value is -0.890. The summed E-state index contributed by atoms with van der Waals surface area (Å²) >= 11 is 0. The molecule has 0 bridgehead atoms. The number of hydrogen-bond donors (Lipinski definition) is 0. The van der Waals surface area contributed by atoms with Gasteiger partial charge in [0.05, 0.1) is 18.9 Å². The van der Waals surface area contributed by atoms with Crippen molar-refractivity contribution in [2.24, 2.45) is 0 Å². The molecule has 1 aromatic heterocycles. The Morgan fingerprint density at radius 2 is 2.44 bits per heavy atom. The van der Waals surface area contributed by atoms with Crippen molar-refractivity contribution in [1.29, 1.82) is 0 Å². The topological polar surface area (TPSA) is 22.1 Å². The summed E-state index contributed by atoms with van der Waals surface area (Å²) in [6.45, 7) is 1.43. The highest BCUT2D eigenvalue weighted by Gasteiger charge is 2.09. The molecule has 0 aromatic carbocycles. The van der Waals surface area contributed by atoms with Gasteiger partial charge in [-0.1, -0.05) is 6.07 Å². The predicted molar refractivity (Wildman–Crippen MR) is 32.7 cm³/mol. The lowest BCUT2D eigenvalue weighted by Crippen LogP contribution is -1.83. The fourth-order valence-electron chi connectivity index (χ4n) is 0.990. The van der Waals surface area contributed by atoms with E-state index in [4.69, 9.17) is 4.74 Å². The van der Waals surface area contributed by atoms with Crippen molar-refractivity contribution in [3.63, 3.8) is 0 Å². The maximum Gasteiger partial charge on any atom is 0.0896 e. The molecule has 2 heteroatoms. The largest absolute Gasteiger partial charge is 0.370 e. The Morgan fingerprint density at radius 3 is 3.33 bits per heavy atom. The molecule has 1 aromatic rings. The molecular formula is C7H7NO. The van der Waals surface area contributed by atoms with Crippen LogP contribution in [0.2, 0.25) is 0 Å². The second kappa shape index (κ2) is 1.81. The molecule has 46 valence electrons. The van der Waals surface area contributed by atoms with E-state index in [1.807, 2.05) is 6.07 Å². The van der Waals surface area contributed by atoms with Crippen LogP contribution in [-0.4, -0.2) is 4.98 Å². The van der Waals surface area contributed by atoms with Crippen LogP contribution in [0.1, 0.15) is 11.3 Å². The van der Waals surface area contributed by atoms with Crippen LogP contribution in [0.3, 0.4) is 0 Å². The Labute approximate surface area is 53.5 Å². The Morgan fingerprint density at radius 1 is 1.44 bits per heavy atom. The highest BCUT2D eigenvalue weighted by atomic mass is 16.5. The van der Waals surface area contributed by atoms with Gasteiger partial charge in [0.25, 0.3) is 0 Å². The number of aromatic nitrogens is 1. The van der Waals surface area contributed by atoms with Crippen LogP contribution >= 0.6 is 0 Å². The van der Waals surface area contributed by atoms with Gasteiger partial charge >= 0.3 is 0 Å². The molecule has 0 saturated carbocycles. The molecule has 0 unspecified atom stereocenters. The number of nitrogens with zero attached hydrogens (tertiary/aromatic N) is 1. The molecule has 2 heterocycles. The Balaban J connectivity index is 2.54. The summed E-state index contributed by atoms with van der Waals surface area (Å²) in [5, 5.41) is 0. The third-order valence-electron chi connectivity index (χ3n) is 1.48. The summed E-state index contributed by atoms with van der Waals surface area (Å²) in [6, 6.07) is 3.99. The van der Waals surface area contributed by atoms with Crippen molar-refractivity contribution in [2.45, 2.75) is 13.2 Å². The third-order valence-corrected chi connectivity index (χ3v) is 1.48. The first-order chi connectivity index (χ1) is 4.47. The minimum atomic E-state index is 0.691. The van der Waals surface area contributed by atoms with E-state index in [9.17, 15) is 0 Å². The number of hydrogen-bond acceptors (Lipinski definition) is 2. The molecule has 0 saturated heterocycles. The first-order valence-corrected chi connectivity index (χ1v) is 2.97. The lowest BCUT2D eigenvalue weighted by molar-refractivity contribution is 0.133. The van der Waals surface area contributed by atoms with E-state index >= 15 is 0 Å². The van der Waals surface area contributed by atoms with Gasteiger partial charge in [-0.15, -0.1) is 0 Å². The molecule has 0 N–H and O–H groups in total. The monoisotopic (exact) mass is 121 g/mol. The van der Waals surface area contributed by atoms with Gasteiger partial charge in [0.1, 0.15) is 0 Å². The Kier molecular flexibility index (Phi) is 0.993. The molecule has 0 fully saturated rings. The maximum absolute atomic E-state index is 5.15. The standard InChI is InChI=1S/C7H7NO/c1-2-6-4-9-5-7(6)8-3-1/h1-3H,4-5H2. The number of pyridine rings is 1. The van der Waals surface area contributed by atoms with Gasteiger partial charge < -0.3 is 4.74 Å². The molecule has 0 amide bonds. The summed E-state index contributed by atoms with van der Waals surface area (Å²) < 4.78 is 5.15. The van der Waals surface area contributed by atoms with Gasteiger partial charge in [0.15, 0.2) is 0 Å². The van der Waals surface area contributed by atoms with Crippen LogP contribution in [0.15, 0.2) is 18.3 Å². The van der Waals surface area contributed by atoms with Gasteiger partial charge in [0.2, 0.25) is 0 Å². The van der Waals surface area contributed by atoms with Crippen molar-refractivity contribution < 1.29 is 4.74 Å². The molecule has 2 nitrogen and oxygen atoms in total. The van der Waals surface area contributed by atoms with Gasteiger partial charge in [-0.2, -0.15) is 0 Å². The van der Waals surface area contributed by atoms with Gasteiger partial charge in [-0.05, 0) is 6.07 Å². The van der Waals surface area contributed by atoms with E-state index < -0.39 is 0 Å².